The SMILES string of the molecule is CC(C)(C)c1ccc(-c2ccccc2N2c3cc4c(cc3B3c5cc(C(C)(C)C)ccc5Sc5cc(N(c6ccc(C(C)(C)C)cc6)c6ccc(C(C)(C)C)cc6)cc2c53)B2c3cc(C(C)(C)C)ccc3N(c3ccc(C(C)(C)C)cc3)c3cc(N(c5ccc(C(C)(C)C)cc5)c5ccc(C(C)(C)C)cc5)cc(c32)S4)cc1. The largest absolute Gasteiger partial charge is 0.311 e. The molecule has 4 aliphatic heterocycles. The Balaban J connectivity index is 1.01. The lowest BCUT2D eigenvalue weighted by Crippen LogP contribution is -2.64. The van der Waals surface area contributed by atoms with E-state index in [1.807, 2.05) is 23.5 Å². The van der Waals surface area contributed by atoms with E-state index in [-0.39, 0.29) is 56.7 Å². The van der Waals surface area contributed by atoms with Crippen LogP contribution in [-0.4, -0.2) is 13.4 Å². The molecule has 0 spiro atoms. The van der Waals surface area contributed by atoms with Crippen molar-refractivity contribution in [2.45, 2.75) is 229 Å². The Morgan fingerprint density at radius 3 is 0.973 bits per heavy atom. The molecule has 12 aromatic carbocycles. The fraction of sp³-hybridized carbons (Fsp3) is 0.308. The van der Waals surface area contributed by atoms with Crippen molar-refractivity contribution in [1.82, 2.24) is 0 Å². The van der Waals surface area contributed by atoms with E-state index in [1.54, 1.807) is 0 Å². The standard InChI is InChI=1S/C104H112B2N4S2/c1-97(2,3)66-31-29-65(30-32-66)81-27-25-26-28-86(81)110-88-64-92-85(63-83(88)106-84-58-73(104(22,23)24)44-56-91(84)111-93-61-80(60-90(110)96(93)106)108(76-49-37-69(38-50-76)100(10,11)12)77-51-39-70(40-52-77)101(13,14)15)105-82-57-72(103(19,20)21)43-55-87(82)109(78-53-41-71(42-54-78)102(16,17)18)89-59-79(62-94(112-92)95(89)105)107(74-45-33-67(34-46-74)98(4,5)6)75-47-35-68(36-48-75)99(7,8)9/h25-64H,1-24H3. The number of benzene rings is 12. The van der Waals surface area contributed by atoms with Crippen LogP contribution >= 0.6 is 23.5 Å². The lowest BCUT2D eigenvalue weighted by Gasteiger charge is -2.44. The van der Waals surface area contributed by atoms with E-state index in [0.717, 1.165) is 45.5 Å². The zero-order valence-electron chi connectivity index (χ0n) is 70.9. The molecule has 4 heterocycles. The van der Waals surface area contributed by atoms with Gasteiger partial charge in [-0.1, -0.05) is 334 Å². The predicted molar refractivity (Wildman–Crippen MR) is 491 cm³/mol. The van der Waals surface area contributed by atoms with Gasteiger partial charge in [0.15, 0.2) is 0 Å². The predicted octanol–water partition coefficient (Wildman–Crippen LogP) is 26.2. The number of nitrogens with zero attached hydrogens (tertiary/aromatic N) is 4. The van der Waals surface area contributed by atoms with Crippen molar-refractivity contribution in [2.24, 2.45) is 0 Å². The lowest BCUT2D eigenvalue weighted by molar-refractivity contribution is 0.590. The molecule has 566 valence electrons. The van der Waals surface area contributed by atoms with Gasteiger partial charge in [-0.15, -0.1) is 0 Å². The molecule has 16 rings (SSSR count). The molecule has 12 aromatic rings. The van der Waals surface area contributed by atoms with E-state index in [1.165, 1.54) is 131 Å². The Kier molecular flexibility index (Phi) is 18.6. The van der Waals surface area contributed by atoms with Crippen molar-refractivity contribution < 1.29 is 0 Å². The molecule has 4 nitrogen and oxygen atoms in total. The summed E-state index contributed by atoms with van der Waals surface area (Å²) in [5, 5.41) is 0. The fourth-order valence-electron chi connectivity index (χ4n) is 17.2. The summed E-state index contributed by atoms with van der Waals surface area (Å²) in [6.45, 7) is 55.7. The van der Waals surface area contributed by atoms with Crippen molar-refractivity contribution in [1.29, 1.82) is 0 Å². The van der Waals surface area contributed by atoms with Crippen LogP contribution < -0.4 is 52.4 Å². The van der Waals surface area contributed by atoms with Crippen LogP contribution in [-0.2, 0) is 43.3 Å². The summed E-state index contributed by atoms with van der Waals surface area (Å²) in [7, 11) is 0. The first-order chi connectivity index (χ1) is 52.6. The van der Waals surface area contributed by atoms with E-state index in [9.17, 15) is 0 Å². The minimum atomic E-state index is -0.139. The van der Waals surface area contributed by atoms with Gasteiger partial charge in [0, 0.05) is 87.7 Å². The van der Waals surface area contributed by atoms with Gasteiger partial charge in [0.05, 0.1) is 5.69 Å². The second kappa shape index (κ2) is 27.2. The highest BCUT2D eigenvalue weighted by atomic mass is 32.2. The van der Waals surface area contributed by atoms with Crippen LogP contribution in [0.5, 0.6) is 0 Å². The second-order valence-electron chi connectivity index (χ2n) is 40.5. The van der Waals surface area contributed by atoms with Crippen molar-refractivity contribution in [2.75, 3.05) is 19.6 Å². The van der Waals surface area contributed by atoms with E-state index in [0.29, 0.717) is 0 Å². The monoisotopic (exact) mass is 1500 g/mol. The fourth-order valence-corrected chi connectivity index (χ4v) is 19.6. The summed E-state index contributed by atoms with van der Waals surface area (Å²) < 4.78 is 0. The summed E-state index contributed by atoms with van der Waals surface area (Å²) in [5.41, 5.74) is 34.3. The molecule has 0 bridgehead atoms. The van der Waals surface area contributed by atoms with Gasteiger partial charge in [0.2, 0.25) is 13.4 Å². The highest BCUT2D eigenvalue weighted by Crippen LogP contribution is 2.53. The smallest absolute Gasteiger partial charge is 0.249 e. The Morgan fingerprint density at radius 2 is 0.562 bits per heavy atom. The molecule has 0 aromatic heterocycles. The number of anilines is 12. The van der Waals surface area contributed by atoms with Crippen LogP contribution in [0.15, 0.2) is 262 Å². The van der Waals surface area contributed by atoms with Crippen LogP contribution in [0.4, 0.5) is 68.2 Å². The molecule has 0 saturated heterocycles. The maximum absolute atomic E-state index is 2.73. The van der Waals surface area contributed by atoms with Crippen molar-refractivity contribution >= 4 is 138 Å². The first kappa shape index (κ1) is 76.6. The van der Waals surface area contributed by atoms with Crippen molar-refractivity contribution in [3.63, 3.8) is 0 Å². The molecule has 0 saturated carbocycles. The summed E-state index contributed by atoms with van der Waals surface area (Å²) in [6, 6.07) is 96.3. The van der Waals surface area contributed by atoms with E-state index < -0.39 is 0 Å². The zero-order valence-corrected chi connectivity index (χ0v) is 72.5. The number of rotatable bonds is 9. The molecule has 0 atom stereocenters. The average Bonchev–Trinajstić information content (AvgIpc) is 0.688. The van der Waals surface area contributed by atoms with Crippen molar-refractivity contribution in [3.8, 4) is 11.1 Å². The molecule has 0 aliphatic carbocycles. The quantitative estimate of drug-likeness (QED) is 0.133. The minimum absolute atomic E-state index is 0.0149. The van der Waals surface area contributed by atoms with Gasteiger partial charge in [-0.05, 0) is 224 Å². The molecule has 112 heavy (non-hydrogen) atoms. The van der Waals surface area contributed by atoms with Gasteiger partial charge >= 0.3 is 0 Å². The molecule has 0 radical (unpaired) electrons. The Labute approximate surface area is 680 Å². The maximum atomic E-state index is 2.73. The molecule has 8 heteroatoms. The zero-order chi connectivity index (χ0) is 79.6. The summed E-state index contributed by atoms with van der Waals surface area (Å²) in [4.78, 5) is 15.5. The first-order valence-corrected chi connectivity index (χ1v) is 42.3. The highest BCUT2D eigenvalue weighted by Gasteiger charge is 2.48. The van der Waals surface area contributed by atoms with Gasteiger partial charge < -0.3 is 19.6 Å². The normalized spacial score (nSPS) is 14.1. The third kappa shape index (κ3) is 14.0. The number of hydrogen-bond acceptors (Lipinski definition) is 6. The minimum Gasteiger partial charge on any atom is -0.311 e. The van der Waals surface area contributed by atoms with E-state index >= 15 is 0 Å². The lowest BCUT2D eigenvalue weighted by atomic mass is 9.31. The maximum Gasteiger partial charge on any atom is 0.249 e. The van der Waals surface area contributed by atoms with Crippen LogP contribution in [0.1, 0.15) is 211 Å². The summed E-state index contributed by atoms with van der Waals surface area (Å²) in [5.74, 6) is 0. The Hall–Kier alpha value is -9.33. The molecular weight excluding hydrogens is 1390 g/mol. The van der Waals surface area contributed by atoms with Gasteiger partial charge in [-0.25, -0.2) is 0 Å². The molecule has 4 aliphatic rings. The Bertz CT molecular complexity index is 5530. The van der Waals surface area contributed by atoms with E-state index in [2.05, 4.69) is 428 Å². The second-order valence-corrected chi connectivity index (χ2v) is 42.6. The summed E-state index contributed by atoms with van der Waals surface area (Å²) >= 11 is 3.91. The van der Waals surface area contributed by atoms with Crippen LogP contribution in [0, 0.1) is 0 Å². The van der Waals surface area contributed by atoms with Gasteiger partial charge in [0.25, 0.3) is 0 Å². The van der Waals surface area contributed by atoms with Crippen LogP contribution in [0.2, 0.25) is 0 Å². The first-order valence-electron chi connectivity index (χ1n) is 40.7. The topological polar surface area (TPSA) is 13.0 Å². The number of hydrogen-bond donors (Lipinski definition) is 0. The van der Waals surface area contributed by atoms with E-state index in [4.69, 9.17) is 0 Å². The van der Waals surface area contributed by atoms with Crippen molar-refractivity contribution in [3.05, 3.63) is 287 Å². The third-order valence-electron chi connectivity index (χ3n) is 24.0. The molecule has 0 unspecified atom stereocenters. The van der Waals surface area contributed by atoms with Crippen LogP contribution in [0.25, 0.3) is 11.1 Å². The van der Waals surface area contributed by atoms with Gasteiger partial charge in [-0.2, -0.15) is 0 Å². The third-order valence-corrected chi connectivity index (χ3v) is 26.3. The molecular formula is C104H112B2N4S2. The highest BCUT2D eigenvalue weighted by molar-refractivity contribution is 8.00. The number of para-hydroxylation sites is 1. The molecule has 0 N–H and O–H groups in total. The summed E-state index contributed by atoms with van der Waals surface area (Å²) in [6.07, 6.45) is 0. The number of fused-ring (bicyclic) bond motifs is 8. The average molecular weight is 1500 g/mol. The molecule has 0 amide bonds. The van der Waals surface area contributed by atoms with Crippen LogP contribution in [0.3, 0.4) is 0 Å². The Morgan fingerprint density at radius 1 is 0.232 bits per heavy atom. The van der Waals surface area contributed by atoms with Gasteiger partial charge in [-0.3, -0.25) is 0 Å². The molecule has 0 fully saturated rings. The van der Waals surface area contributed by atoms with Gasteiger partial charge in [0.1, 0.15) is 0 Å².